The van der Waals surface area contributed by atoms with Crippen molar-refractivity contribution in [3.8, 4) is 5.75 Å². The Hall–Kier alpha value is -1.64. The lowest BCUT2D eigenvalue weighted by atomic mass is 9.50. The number of hydrogen-bond donors (Lipinski definition) is 0. The molecule has 0 aliphatic heterocycles. The molecule has 0 saturated heterocycles. The fourth-order valence-electron chi connectivity index (χ4n) is 4.97. The molecule has 0 unspecified atom stereocenters. The van der Waals surface area contributed by atoms with Crippen molar-refractivity contribution in [2.24, 2.45) is 11.3 Å². The van der Waals surface area contributed by atoms with Crippen LogP contribution < -0.4 is 4.74 Å². The first kappa shape index (κ1) is 16.2. The van der Waals surface area contributed by atoms with Crippen LogP contribution in [0.25, 0.3) is 0 Å². The van der Waals surface area contributed by atoms with Crippen LogP contribution in [0.2, 0.25) is 0 Å². The van der Waals surface area contributed by atoms with Crippen molar-refractivity contribution in [2.45, 2.75) is 58.8 Å². The molecule has 3 heteroatoms. The maximum Gasteiger partial charge on any atom is 0.163 e. The van der Waals surface area contributed by atoms with Crippen molar-refractivity contribution in [2.75, 3.05) is 7.11 Å². The van der Waals surface area contributed by atoms with E-state index in [0.717, 1.165) is 17.5 Å². The Morgan fingerprint density at radius 2 is 1.91 bits per heavy atom. The van der Waals surface area contributed by atoms with Crippen LogP contribution in [0.4, 0.5) is 0 Å². The number of Topliss-reactive ketones (excluding diaryl/α,β-unsaturated/α-hetero) is 2. The normalized spacial score (nSPS) is 28.7. The van der Waals surface area contributed by atoms with Crippen molar-refractivity contribution in [3.05, 3.63) is 28.8 Å². The zero-order valence-corrected chi connectivity index (χ0v) is 14.8. The van der Waals surface area contributed by atoms with Gasteiger partial charge in [0.05, 0.1) is 12.7 Å². The molecule has 1 fully saturated rings. The van der Waals surface area contributed by atoms with E-state index in [4.69, 9.17) is 4.74 Å². The van der Waals surface area contributed by atoms with E-state index in [1.165, 1.54) is 19.8 Å². The standard InChI is InChI=1S/C20H26O3/c1-12(21)13-9-14-15(10-17(13)23-5)20(4)8-6-7-19(2,3)18(20)11-16(14)22/h9-10,18H,6-8,11H2,1-5H3/t18-,20+/m1/s1. The number of fused-ring (bicyclic) bond motifs is 3. The van der Waals surface area contributed by atoms with Gasteiger partial charge < -0.3 is 4.74 Å². The average molecular weight is 314 g/mol. The van der Waals surface area contributed by atoms with Gasteiger partial charge in [0.25, 0.3) is 0 Å². The highest BCUT2D eigenvalue weighted by molar-refractivity contribution is 6.04. The number of ketones is 2. The third kappa shape index (κ3) is 2.32. The molecule has 0 N–H and O–H groups in total. The van der Waals surface area contributed by atoms with Gasteiger partial charge >= 0.3 is 0 Å². The van der Waals surface area contributed by atoms with E-state index in [1.54, 1.807) is 13.2 Å². The van der Waals surface area contributed by atoms with E-state index in [1.807, 2.05) is 6.07 Å². The highest BCUT2D eigenvalue weighted by atomic mass is 16.5. The summed E-state index contributed by atoms with van der Waals surface area (Å²) < 4.78 is 5.45. The van der Waals surface area contributed by atoms with Crippen molar-refractivity contribution in [1.82, 2.24) is 0 Å². The number of rotatable bonds is 2. The van der Waals surface area contributed by atoms with Crippen LogP contribution >= 0.6 is 0 Å². The molecule has 0 spiro atoms. The van der Waals surface area contributed by atoms with Gasteiger partial charge in [0.2, 0.25) is 0 Å². The van der Waals surface area contributed by atoms with Gasteiger partial charge in [0.15, 0.2) is 11.6 Å². The number of methoxy groups -OCH3 is 1. The van der Waals surface area contributed by atoms with Crippen LogP contribution in [0.15, 0.2) is 12.1 Å². The fraction of sp³-hybridized carbons (Fsp3) is 0.600. The second kappa shape index (κ2) is 5.19. The van der Waals surface area contributed by atoms with Crippen molar-refractivity contribution < 1.29 is 14.3 Å². The molecular weight excluding hydrogens is 288 g/mol. The molecule has 1 saturated carbocycles. The van der Waals surface area contributed by atoms with Gasteiger partial charge in [-0.1, -0.05) is 27.2 Å². The summed E-state index contributed by atoms with van der Waals surface area (Å²) in [6, 6.07) is 3.72. The minimum atomic E-state index is -0.0614. The summed E-state index contributed by atoms with van der Waals surface area (Å²) in [6.07, 6.45) is 4.01. The van der Waals surface area contributed by atoms with E-state index in [2.05, 4.69) is 20.8 Å². The van der Waals surface area contributed by atoms with Gasteiger partial charge in [-0.3, -0.25) is 9.59 Å². The topological polar surface area (TPSA) is 43.4 Å². The summed E-state index contributed by atoms with van der Waals surface area (Å²) in [7, 11) is 1.59. The molecule has 0 aromatic heterocycles. The van der Waals surface area contributed by atoms with Crippen LogP contribution in [0.5, 0.6) is 5.75 Å². The molecule has 2 aliphatic carbocycles. The molecule has 23 heavy (non-hydrogen) atoms. The lowest BCUT2D eigenvalue weighted by molar-refractivity contribution is 0.0367. The number of carbonyl (C=O) groups excluding carboxylic acids is 2. The number of ether oxygens (including phenoxy) is 1. The Kier molecular flexibility index (Phi) is 3.66. The maximum absolute atomic E-state index is 12.8. The second-order valence-corrected chi connectivity index (χ2v) is 8.09. The first-order valence-electron chi connectivity index (χ1n) is 8.47. The monoisotopic (exact) mass is 314 g/mol. The number of benzene rings is 1. The van der Waals surface area contributed by atoms with E-state index in [-0.39, 0.29) is 22.4 Å². The molecule has 1 aromatic carbocycles. The Balaban J connectivity index is 2.24. The van der Waals surface area contributed by atoms with E-state index < -0.39 is 0 Å². The van der Waals surface area contributed by atoms with Crippen molar-refractivity contribution >= 4 is 11.6 Å². The molecule has 1 aromatic rings. The average Bonchev–Trinajstić information content (AvgIpc) is 2.48. The van der Waals surface area contributed by atoms with E-state index in [9.17, 15) is 9.59 Å². The summed E-state index contributed by atoms with van der Waals surface area (Å²) in [5, 5.41) is 0. The first-order valence-corrected chi connectivity index (χ1v) is 8.47. The third-order valence-corrected chi connectivity index (χ3v) is 6.25. The maximum atomic E-state index is 12.8. The molecule has 2 atom stereocenters. The summed E-state index contributed by atoms with van der Waals surface area (Å²) in [4.78, 5) is 24.7. The first-order chi connectivity index (χ1) is 10.7. The molecule has 124 valence electrons. The SMILES string of the molecule is COc1cc2c(cc1C(C)=O)C(=O)C[C@@H]1C(C)(C)CCC[C@@]21C. The van der Waals surface area contributed by atoms with Crippen LogP contribution in [-0.2, 0) is 5.41 Å². The minimum Gasteiger partial charge on any atom is -0.496 e. The minimum absolute atomic E-state index is 0.0202. The largest absolute Gasteiger partial charge is 0.496 e. The number of hydrogen-bond acceptors (Lipinski definition) is 3. The molecule has 0 radical (unpaired) electrons. The van der Waals surface area contributed by atoms with Gasteiger partial charge in [-0.05, 0) is 54.2 Å². The van der Waals surface area contributed by atoms with Crippen LogP contribution in [-0.4, -0.2) is 18.7 Å². The smallest absolute Gasteiger partial charge is 0.163 e. The fourth-order valence-corrected chi connectivity index (χ4v) is 4.97. The molecular formula is C20H26O3. The van der Waals surface area contributed by atoms with Crippen LogP contribution in [0.1, 0.15) is 79.7 Å². The molecule has 3 rings (SSSR count). The van der Waals surface area contributed by atoms with Gasteiger partial charge in [-0.25, -0.2) is 0 Å². The molecule has 0 bridgehead atoms. The van der Waals surface area contributed by atoms with E-state index >= 15 is 0 Å². The van der Waals surface area contributed by atoms with Crippen LogP contribution in [0.3, 0.4) is 0 Å². The van der Waals surface area contributed by atoms with Crippen LogP contribution in [0, 0.1) is 11.3 Å². The predicted octanol–water partition coefficient (Wildman–Crippen LogP) is 4.57. The summed E-state index contributed by atoms with van der Waals surface area (Å²) in [5.74, 6) is 1.04. The quantitative estimate of drug-likeness (QED) is 0.751. The zero-order chi connectivity index (χ0) is 17.0. The second-order valence-electron chi connectivity index (χ2n) is 8.09. The molecule has 0 heterocycles. The Labute approximate surface area is 138 Å². The van der Waals surface area contributed by atoms with Gasteiger partial charge in [0.1, 0.15) is 5.75 Å². The van der Waals surface area contributed by atoms with E-state index in [0.29, 0.717) is 23.7 Å². The van der Waals surface area contributed by atoms with Crippen molar-refractivity contribution in [3.63, 3.8) is 0 Å². The molecule has 2 aliphatic rings. The zero-order valence-electron chi connectivity index (χ0n) is 14.8. The predicted molar refractivity (Wildman–Crippen MR) is 90.4 cm³/mol. The summed E-state index contributed by atoms with van der Waals surface area (Å²) in [5.41, 5.74) is 2.46. The Morgan fingerprint density at radius 1 is 1.22 bits per heavy atom. The number of carbonyl (C=O) groups is 2. The third-order valence-electron chi connectivity index (χ3n) is 6.25. The highest BCUT2D eigenvalue weighted by Crippen LogP contribution is 2.57. The highest BCUT2D eigenvalue weighted by Gasteiger charge is 2.52. The summed E-state index contributed by atoms with van der Waals surface area (Å²) >= 11 is 0. The van der Waals surface area contributed by atoms with Crippen molar-refractivity contribution in [1.29, 1.82) is 0 Å². The molecule has 3 nitrogen and oxygen atoms in total. The summed E-state index contributed by atoms with van der Waals surface area (Å²) in [6.45, 7) is 8.38. The van der Waals surface area contributed by atoms with Gasteiger partial charge in [-0.15, -0.1) is 0 Å². The Bertz CT molecular complexity index is 686. The van der Waals surface area contributed by atoms with Gasteiger partial charge in [0, 0.05) is 12.0 Å². The lowest BCUT2D eigenvalue weighted by Gasteiger charge is -2.53. The van der Waals surface area contributed by atoms with Gasteiger partial charge in [-0.2, -0.15) is 0 Å². The lowest BCUT2D eigenvalue weighted by Crippen LogP contribution is -2.49. The molecule has 0 amide bonds. The Morgan fingerprint density at radius 3 is 2.52 bits per heavy atom.